The van der Waals surface area contributed by atoms with Gasteiger partial charge in [-0.25, -0.2) is 0 Å². The molecule has 1 unspecified atom stereocenters. The van der Waals surface area contributed by atoms with Gasteiger partial charge >= 0.3 is 0 Å². The fraction of sp³-hybridized carbons (Fsp3) is 0.562. The molecular formula is C16H25N3O. The van der Waals surface area contributed by atoms with Gasteiger partial charge < -0.3 is 10.6 Å². The van der Waals surface area contributed by atoms with E-state index in [0.717, 1.165) is 38.2 Å². The predicted molar refractivity (Wildman–Crippen MR) is 81.5 cm³/mol. The first-order chi connectivity index (χ1) is 9.43. The third-order valence-corrected chi connectivity index (χ3v) is 4.12. The SMILES string of the molecule is CN(C)C(=O)c1cccc(CN2CCC(C)(CN)C2)c1. The average Bonchev–Trinajstić information content (AvgIpc) is 2.80. The molecule has 2 rings (SSSR count). The number of likely N-dealkylation sites (tertiary alicyclic amines) is 1. The lowest BCUT2D eigenvalue weighted by Crippen LogP contribution is -2.31. The maximum Gasteiger partial charge on any atom is 0.253 e. The summed E-state index contributed by atoms with van der Waals surface area (Å²) in [5.41, 5.74) is 8.04. The molecule has 1 saturated heterocycles. The first-order valence-corrected chi connectivity index (χ1v) is 7.16. The van der Waals surface area contributed by atoms with Crippen LogP contribution in [0.25, 0.3) is 0 Å². The lowest BCUT2D eigenvalue weighted by atomic mass is 9.90. The van der Waals surface area contributed by atoms with Gasteiger partial charge in [-0.15, -0.1) is 0 Å². The maximum absolute atomic E-state index is 12.0. The number of nitrogens with two attached hydrogens (primary N) is 1. The van der Waals surface area contributed by atoms with Crippen molar-refractivity contribution in [3.8, 4) is 0 Å². The van der Waals surface area contributed by atoms with Gasteiger partial charge in [0.15, 0.2) is 0 Å². The summed E-state index contributed by atoms with van der Waals surface area (Å²) >= 11 is 0. The Labute approximate surface area is 121 Å². The highest BCUT2D eigenvalue weighted by atomic mass is 16.2. The topological polar surface area (TPSA) is 49.6 Å². The quantitative estimate of drug-likeness (QED) is 0.907. The van der Waals surface area contributed by atoms with E-state index in [1.54, 1.807) is 19.0 Å². The van der Waals surface area contributed by atoms with Gasteiger partial charge in [-0.3, -0.25) is 9.69 Å². The van der Waals surface area contributed by atoms with E-state index in [2.05, 4.69) is 17.9 Å². The highest BCUT2D eigenvalue weighted by Gasteiger charge is 2.32. The molecule has 20 heavy (non-hydrogen) atoms. The molecule has 1 amide bonds. The Balaban J connectivity index is 2.04. The number of benzene rings is 1. The molecule has 1 fully saturated rings. The minimum Gasteiger partial charge on any atom is -0.345 e. The van der Waals surface area contributed by atoms with Crippen molar-refractivity contribution < 1.29 is 4.79 Å². The van der Waals surface area contributed by atoms with Crippen LogP contribution >= 0.6 is 0 Å². The fourth-order valence-electron chi connectivity index (χ4n) is 2.75. The minimum absolute atomic E-state index is 0.0556. The molecule has 0 aliphatic carbocycles. The number of rotatable bonds is 4. The normalized spacial score (nSPS) is 23.0. The van der Waals surface area contributed by atoms with E-state index in [-0.39, 0.29) is 11.3 Å². The van der Waals surface area contributed by atoms with E-state index in [1.807, 2.05) is 18.2 Å². The van der Waals surface area contributed by atoms with Crippen molar-refractivity contribution in [3.05, 3.63) is 35.4 Å². The highest BCUT2D eigenvalue weighted by Crippen LogP contribution is 2.29. The molecule has 110 valence electrons. The van der Waals surface area contributed by atoms with Gasteiger partial charge in [-0.1, -0.05) is 19.1 Å². The van der Waals surface area contributed by atoms with E-state index in [9.17, 15) is 4.79 Å². The zero-order valence-corrected chi connectivity index (χ0v) is 12.7. The summed E-state index contributed by atoms with van der Waals surface area (Å²) < 4.78 is 0. The first kappa shape index (κ1) is 15.0. The monoisotopic (exact) mass is 275 g/mol. The highest BCUT2D eigenvalue weighted by molar-refractivity contribution is 5.94. The molecule has 4 nitrogen and oxygen atoms in total. The number of carbonyl (C=O) groups excluding carboxylic acids is 1. The van der Waals surface area contributed by atoms with Gasteiger partial charge in [0.1, 0.15) is 0 Å². The Morgan fingerprint density at radius 2 is 2.20 bits per heavy atom. The molecule has 0 radical (unpaired) electrons. The van der Waals surface area contributed by atoms with Crippen molar-refractivity contribution in [1.82, 2.24) is 9.80 Å². The molecule has 0 bridgehead atoms. The van der Waals surface area contributed by atoms with Crippen LogP contribution in [0, 0.1) is 5.41 Å². The van der Waals surface area contributed by atoms with Crippen LogP contribution in [0.15, 0.2) is 24.3 Å². The second-order valence-electron chi connectivity index (χ2n) is 6.38. The van der Waals surface area contributed by atoms with E-state index < -0.39 is 0 Å². The van der Waals surface area contributed by atoms with Crippen molar-refractivity contribution >= 4 is 5.91 Å². The fourth-order valence-corrected chi connectivity index (χ4v) is 2.75. The van der Waals surface area contributed by atoms with Crippen molar-refractivity contribution in [3.63, 3.8) is 0 Å². The van der Waals surface area contributed by atoms with Crippen LogP contribution in [-0.2, 0) is 6.54 Å². The van der Waals surface area contributed by atoms with E-state index in [0.29, 0.717) is 0 Å². The molecule has 4 heteroatoms. The van der Waals surface area contributed by atoms with Gasteiger partial charge in [0.2, 0.25) is 0 Å². The average molecular weight is 275 g/mol. The van der Waals surface area contributed by atoms with E-state index in [1.165, 1.54) is 5.56 Å². The Bertz CT molecular complexity index is 486. The van der Waals surface area contributed by atoms with Crippen molar-refractivity contribution in [1.29, 1.82) is 0 Å². The van der Waals surface area contributed by atoms with Crippen LogP contribution in [0.3, 0.4) is 0 Å². The zero-order chi connectivity index (χ0) is 14.8. The molecule has 1 aromatic rings. The molecule has 0 saturated carbocycles. The van der Waals surface area contributed by atoms with E-state index >= 15 is 0 Å². The Morgan fingerprint density at radius 3 is 2.80 bits per heavy atom. The summed E-state index contributed by atoms with van der Waals surface area (Å²) in [5, 5.41) is 0. The third-order valence-electron chi connectivity index (χ3n) is 4.12. The summed E-state index contributed by atoms with van der Waals surface area (Å²) in [4.78, 5) is 16.0. The standard InChI is InChI=1S/C16H25N3O/c1-16(11-17)7-8-19(12-16)10-13-5-4-6-14(9-13)15(20)18(2)3/h4-6,9H,7-8,10-12,17H2,1-3H3. The molecule has 1 aromatic carbocycles. The maximum atomic E-state index is 12.0. The van der Waals surface area contributed by atoms with Gasteiger partial charge in [0.25, 0.3) is 5.91 Å². The lowest BCUT2D eigenvalue weighted by Gasteiger charge is -2.22. The molecule has 1 aliphatic rings. The number of hydrogen-bond acceptors (Lipinski definition) is 3. The summed E-state index contributed by atoms with van der Waals surface area (Å²) in [6.45, 7) is 6.00. The first-order valence-electron chi connectivity index (χ1n) is 7.16. The van der Waals surface area contributed by atoms with Crippen LogP contribution in [0.2, 0.25) is 0 Å². The number of carbonyl (C=O) groups is 1. The zero-order valence-electron chi connectivity index (χ0n) is 12.7. The second-order valence-corrected chi connectivity index (χ2v) is 6.38. The van der Waals surface area contributed by atoms with Crippen molar-refractivity contribution in [2.45, 2.75) is 19.9 Å². The van der Waals surface area contributed by atoms with Crippen molar-refractivity contribution in [2.75, 3.05) is 33.7 Å². The summed E-state index contributed by atoms with van der Waals surface area (Å²) in [6, 6.07) is 7.93. The van der Waals surface area contributed by atoms with Gasteiger partial charge in [-0.2, -0.15) is 0 Å². The Hall–Kier alpha value is -1.39. The van der Waals surface area contributed by atoms with Crippen LogP contribution in [-0.4, -0.2) is 49.4 Å². The van der Waals surface area contributed by atoms with E-state index in [4.69, 9.17) is 5.73 Å². The smallest absolute Gasteiger partial charge is 0.253 e. The van der Waals surface area contributed by atoms with Gasteiger partial charge in [0.05, 0.1) is 0 Å². The number of nitrogens with zero attached hydrogens (tertiary/aromatic N) is 2. The molecule has 2 N–H and O–H groups in total. The van der Waals surface area contributed by atoms with Gasteiger partial charge in [-0.05, 0) is 42.6 Å². The third kappa shape index (κ3) is 3.38. The summed E-state index contributed by atoms with van der Waals surface area (Å²) in [5.74, 6) is 0.0556. The number of hydrogen-bond donors (Lipinski definition) is 1. The molecule has 1 aliphatic heterocycles. The summed E-state index contributed by atoms with van der Waals surface area (Å²) in [7, 11) is 3.56. The van der Waals surface area contributed by atoms with Crippen LogP contribution in [0.5, 0.6) is 0 Å². The molecule has 0 aromatic heterocycles. The minimum atomic E-state index is 0.0556. The molecular weight excluding hydrogens is 250 g/mol. The molecule has 1 atom stereocenters. The van der Waals surface area contributed by atoms with Crippen LogP contribution in [0.4, 0.5) is 0 Å². The molecule has 0 spiro atoms. The predicted octanol–water partition coefficient (Wildman–Crippen LogP) is 1.56. The Morgan fingerprint density at radius 1 is 1.45 bits per heavy atom. The Kier molecular flexibility index (Phi) is 4.45. The largest absolute Gasteiger partial charge is 0.345 e. The van der Waals surface area contributed by atoms with Crippen LogP contribution in [0.1, 0.15) is 29.3 Å². The summed E-state index contributed by atoms with van der Waals surface area (Å²) in [6.07, 6.45) is 1.15. The van der Waals surface area contributed by atoms with Crippen molar-refractivity contribution in [2.24, 2.45) is 11.1 Å². The second kappa shape index (κ2) is 5.94. The van der Waals surface area contributed by atoms with Crippen LogP contribution < -0.4 is 5.73 Å². The number of amides is 1. The molecule has 1 heterocycles. The van der Waals surface area contributed by atoms with Gasteiger partial charge in [0, 0.05) is 32.7 Å². The lowest BCUT2D eigenvalue weighted by molar-refractivity contribution is 0.0827.